The number of aryl methyl sites for hydroxylation is 1. The molecule has 0 aliphatic carbocycles. The largest absolute Gasteiger partial charge is 0.491 e. The van der Waals surface area contributed by atoms with Crippen LogP contribution in [0.2, 0.25) is 0 Å². The van der Waals surface area contributed by atoms with Gasteiger partial charge in [0.25, 0.3) is 0 Å². The Bertz CT molecular complexity index is 407. The lowest BCUT2D eigenvalue weighted by molar-refractivity contribution is -0.129. The maximum atomic E-state index is 11.8. The maximum Gasteiger partial charge on any atom is 0.236 e. The average molecular weight is 278 g/mol. The minimum absolute atomic E-state index is 0.106. The molecule has 0 aromatic heterocycles. The Labute approximate surface area is 122 Å². The topological polar surface area (TPSA) is 41.6 Å². The second-order valence-corrected chi connectivity index (χ2v) is 4.96. The Morgan fingerprint density at radius 1 is 1.35 bits per heavy atom. The molecule has 0 aliphatic rings. The van der Waals surface area contributed by atoms with Crippen LogP contribution in [0.5, 0.6) is 5.75 Å². The standard InChI is InChI=1S/C16H26N2O2/c1-4-5-10-17-13-16(19)18(3)11-12-20-15-9-7-6-8-14(15)2/h6-9,17H,4-5,10-13H2,1-3H3. The zero-order valence-electron chi connectivity index (χ0n) is 12.8. The summed E-state index contributed by atoms with van der Waals surface area (Å²) in [6.45, 7) is 6.57. The van der Waals surface area contributed by atoms with E-state index in [1.54, 1.807) is 4.90 Å². The smallest absolute Gasteiger partial charge is 0.236 e. The van der Waals surface area contributed by atoms with E-state index in [1.165, 1.54) is 0 Å². The molecule has 112 valence electrons. The molecule has 0 atom stereocenters. The highest BCUT2D eigenvalue weighted by molar-refractivity contribution is 5.77. The number of unbranched alkanes of at least 4 members (excludes halogenated alkanes) is 1. The number of carbonyl (C=O) groups is 1. The molecule has 0 aliphatic heterocycles. The second kappa shape index (κ2) is 9.37. The zero-order valence-corrected chi connectivity index (χ0v) is 12.8. The molecule has 0 saturated carbocycles. The summed E-state index contributed by atoms with van der Waals surface area (Å²) in [6.07, 6.45) is 2.24. The fraction of sp³-hybridized carbons (Fsp3) is 0.562. The molecule has 0 saturated heterocycles. The Morgan fingerprint density at radius 3 is 2.80 bits per heavy atom. The molecular formula is C16H26N2O2. The van der Waals surface area contributed by atoms with Crippen molar-refractivity contribution in [1.82, 2.24) is 10.2 Å². The third-order valence-corrected chi connectivity index (χ3v) is 3.19. The Morgan fingerprint density at radius 2 is 2.10 bits per heavy atom. The summed E-state index contributed by atoms with van der Waals surface area (Å²) in [6, 6.07) is 7.90. The van der Waals surface area contributed by atoms with Crippen molar-refractivity contribution >= 4 is 5.91 Å². The summed E-state index contributed by atoms with van der Waals surface area (Å²) >= 11 is 0. The molecule has 1 N–H and O–H groups in total. The molecule has 4 nitrogen and oxygen atoms in total. The third kappa shape index (κ3) is 6.06. The first-order valence-electron chi connectivity index (χ1n) is 7.28. The van der Waals surface area contributed by atoms with Crippen LogP contribution in [0.3, 0.4) is 0 Å². The first kappa shape index (κ1) is 16.5. The quantitative estimate of drug-likeness (QED) is 0.704. The SMILES string of the molecule is CCCCNCC(=O)N(C)CCOc1ccccc1C. The number of likely N-dealkylation sites (N-methyl/N-ethyl adjacent to an activating group) is 1. The van der Waals surface area contributed by atoms with Gasteiger partial charge in [-0.05, 0) is 31.5 Å². The number of benzene rings is 1. The van der Waals surface area contributed by atoms with E-state index < -0.39 is 0 Å². The lowest BCUT2D eigenvalue weighted by atomic mass is 10.2. The zero-order chi connectivity index (χ0) is 14.8. The molecule has 4 heteroatoms. The van der Waals surface area contributed by atoms with Crippen molar-refractivity contribution in [1.29, 1.82) is 0 Å². The fourth-order valence-corrected chi connectivity index (χ4v) is 1.77. The van der Waals surface area contributed by atoms with Crippen LogP contribution in [0.25, 0.3) is 0 Å². The third-order valence-electron chi connectivity index (χ3n) is 3.19. The van der Waals surface area contributed by atoms with Crippen LogP contribution in [-0.4, -0.2) is 44.1 Å². The lowest BCUT2D eigenvalue weighted by Gasteiger charge is -2.18. The summed E-state index contributed by atoms with van der Waals surface area (Å²) in [5.41, 5.74) is 1.11. The number of nitrogens with zero attached hydrogens (tertiary/aromatic N) is 1. The Hall–Kier alpha value is -1.55. The molecule has 0 radical (unpaired) electrons. The number of hydrogen-bond donors (Lipinski definition) is 1. The van der Waals surface area contributed by atoms with Gasteiger partial charge in [0, 0.05) is 7.05 Å². The molecule has 0 bridgehead atoms. The summed E-state index contributed by atoms with van der Waals surface area (Å²) in [4.78, 5) is 13.5. The monoisotopic (exact) mass is 278 g/mol. The average Bonchev–Trinajstić information content (AvgIpc) is 2.45. The van der Waals surface area contributed by atoms with Crippen molar-refractivity contribution in [3.63, 3.8) is 0 Å². The minimum Gasteiger partial charge on any atom is -0.491 e. The molecule has 1 aromatic rings. The fourth-order valence-electron chi connectivity index (χ4n) is 1.77. The highest BCUT2D eigenvalue weighted by atomic mass is 16.5. The number of nitrogens with one attached hydrogen (secondary N) is 1. The van der Waals surface area contributed by atoms with Gasteiger partial charge in [0.2, 0.25) is 5.91 Å². The van der Waals surface area contributed by atoms with Gasteiger partial charge in [0.15, 0.2) is 0 Å². The summed E-state index contributed by atoms with van der Waals surface area (Å²) < 4.78 is 5.69. The van der Waals surface area contributed by atoms with E-state index in [4.69, 9.17) is 4.74 Å². The molecule has 0 heterocycles. The first-order valence-corrected chi connectivity index (χ1v) is 7.28. The van der Waals surface area contributed by atoms with Gasteiger partial charge in [0.05, 0.1) is 13.1 Å². The molecule has 0 spiro atoms. The van der Waals surface area contributed by atoms with E-state index in [-0.39, 0.29) is 5.91 Å². The van der Waals surface area contributed by atoms with Crippen molar-refractivity contribution in [3.05, 3.63) is 29.8 Å². The molecule has 1 rings (SSSR count). The molecular weight excluding hydrogens is 252 g/mol. The summed E-state index contributed by atoms with van der Waals surface area (Å²) in [5.74, 6) is 0.990. The predicted octanol–water partition coefficient (Wildman–Crippen LogP) is 2.22. The maximum absolute atomic E-state index is 11.8. The van der Waals surface area contributed by atoms with E-state index in [1.807, 2.05) is 38.2 Å². The van der Waals surface area contributed by atoms with Crippen molar-refractivity contribution < 1.29 is 9.53 Å². The van der Waals surface area contributed by atoms with Gasteiger partial charge >= 0.3 is 0 Å². The number of para-hydroxylation sites is 1. The number of amides is 1. The molecule has 0 unspecified atom stereocenters. The predicted molar refractivity (Wildman–Crippen MR) is 82.1 cm³/mol. The van der Waals surface area contributed by atoms with Gasteiger partial charge in [-0.2, -0.15) is 0 Å². The van der Waals surface area contributed by atoms with Crippen LogP contribution in [0.4, 0.5) is 0 Å². The van der Waals surface area contributed by atoms with Crippen molar-refractivity contribution in [2.45, 2.75) is 26.7 Å². The van der Waals surface area contributed by atoms with Crippen LogP contribution < -0.4 is 10.1 Å². The Balaban J connectivity index is 2.20. The van der Waals surface area contributed by atoms with Gasteiger partial charge in [0.1, 0.15) is 12.4 Å². The van der Waals surface area contributed by atoms with Crippen molar-refractivity contribution in [2.75, 3.05) is 33.3 Å². The first-order chi connectivity index (χ1) is 9.65. The highest BCUT2D eigenvalue weighted by Gasteiger charge is 2.08. The van der Waals surface area contributed by atoms with E-state index in [0.29, 0.717) is 19.7 Å². The molecule has 0 fully saturated rings. The van der Waals surface area contributed by atoms with Crippen LogP contribution >= 0.6 is 0 Å². The highest BCUT2D eigenvalue weighted by Crippen LogP contribution is 2.15. The molecule has 1 amide bonds. The van der Waals surface area contributed by atoms with Crippen LogP contribution in [-0.2, 0) is 4.79 Å². The van der Waals surface area contributed by atoms with E-state index in [9.17, 15) is 4.79 Å². The van der Waals surface area contributed by atoms with Crippen molar-refractivity contribution in [2.24, 2.45) is 0 Å². The van der Waals surface area contributed by atoms with Crippen LogP contribution in [0.1, 0.15) is 25.3 Å². The Kier molecular flexibility index (Phi) is 7.73. The van der Waals surface area contributed by atoms with Gasteiger partial charge in [-0.15, -0.1) is 0 Å². The summed E-state index contributed by atoms with van der Waals surface area (Å²) in [5, 5.41) is 3.15. The normalized spacial score (nSPS) is 10.3. The van der Waals surface area contributed by atoms with Crippen LogP contribution in [0.15, 0.2) is 24.3 Å². The molecule has 1 aromatic carbocycles. The van der Waals surface area contributed by atoms with Gasteiger partial charge in [-0.3, -0.25) is 4.79 Å². The number of carbonyl (C=O) groups excluding carboxylic acids is 1. The van der Waals surface area contributed by atoms with Gasteiger partial charge in [-0.25, -0.2) is 0 Å². The van der Waals surface area contributed by atoms with Gasteiger partial charge in [-0.1, -0.05) is 31.5 Å². The second-order valence-electron chi connectivity index (χ2n) is 4.96. The number of ether oxygens (including phenoxy) is 1. The van der Waals surface area contributed by atoms with Crippen LogP contribution in [0, 0.1) is 6.92 Å². The minimum atomic E-state index is 0.106. The van der Waals surface area contributed by atoms with E-state index in [0.717, 1.165) is 30.7 Å². The van der Waals surface area contributed by atoms with E-state index >= 15 is 0 Å². The van der Waals surface area contributed by atoms with Gasteiger partial charge < -0.3 is 15.0 Å². The van der Waals surface area contributed by atoms with E-state index in [2.05, 4.69) is 12.2 Å². The number of rotatable bonds is 9. The summed E-state index contributed by atoms with van der Waals surface area (Å²) in [7, 11) is 1.81. The number of hydrogen-bond acceptors (Lipinski definition) is 3. The van der Waals surface area contributed by atoms with Crippen molar-refractivity contribution in [3.8, 4) is 5.75 Å². The lowest BCUT2D eigenvalue weighted by Crippen LogP contribution is -2.38. The molecule has 20 heavy (non-hydrogen) atoms.